The van der Waals surface area contributed by atoms with Crippen molar-refractivity contribution in [2.75, 3.05) is 13.2 Å². The fourth-order valence-corrected chi connectivity index (χ4v) is 2.69. The normalized spacial score (nSPS) is 18.5. The molecule has 0 bridgehead atoms. The molecule has 2 heterocycles. The van der Waals surface area contributed by atoms with Crippen LogP contribution in [0.1, 0.15) is 33.4 Å². The van der Waals surface area contributed by atoms with E-state index in [-0.39, 0.29) is 10.8 Å². The smallest absolute Gasteiger partial charge is 0.0808 e. The van der Waals surface area contributed by atoms with E-state index in [9.17, 15) is 0 Å². The minimum absolute atomic E-state index is 0.0860. The number of hydrogen-bond donors (Lipinski definition) is 0. The van der Waals surface area contributed by atoms with Crippen molar-refractivity contribution >= 4 is 10.9 Å². The maximum Gasteiger partial charge on any atom is 0.0808 e. The van der Waals surface area contributed by atoms with Crippen molar-refractivity contribution in [1.29, 1.82) is 0 Å². The molecule has 1 aliphatic heterocycles. The number of hydrogen-bond acceptors (Lipinski definition) is 2. The molecule has 0 N–H and O–H groups in total. The van der Waals surface area contributed by atoms with Crippen LogP contribution in [0.4, 0.5) is 0 Å². The minimum Gasteiger partial charge on any atom is -0.379 e. The molecule has 19 heavy (non-hydrogen) atoms. The number of nitrogens with zero attached hydrogens (tertiary/aromatic N) is 2. The van der Waals surface area contributed by atoms with Crippen molar-refractivity contribution in [1.82, 2.24) is 9.78 Å². The van der Waals surface area contributed by atoms with Crippen LogP contribution in [-0.2, 0) is 16.7 Å². The van der Waals surface area contributed by atoms with Gasteiger partial charge in [-0.3, -0.25) is 4.68 Å². The van der Waals surface area contributed by atoms with E-state index in [1.54, 1.807) is 0 Å². The molecule has 0 saturated carbocycles. The molecule has 3 nitrogen and oxygen atoms in total. The van der Waals surface area contributed by atoms with Gasteiger partial charge in [0.25, 0.3) is 0 Å². The molecule has 1 saturated heterocycles. The van der Waals surface area contributed by atoms with Crippen molar-refractivity contribution in [3.63, 3.8) is 0 Å². The second-order valence-electron chi connectivity index (χ2n) is 7.14. The highest BCUT2D eigenvalue weighted by Crippen LogP contribution is 2.36. The maximum atomic E-state index is 5.40. The Kier molecular flexibility index (Phi) is 2.72. The van der Waals surface area contributed by atoms with Crippen molar-refractivity contribution in [2.24, 2.45) is 5.41 Å². The van der Waals surface area contributed by atoms with Gasteiger partial charge in [0.1, 0.15) is 0 Å². The number of benzene rings is 1. The summed E-state index contributed by atoms with van der Waals surface area (Å²) in [7, 11) is 0. The first-order chi connectivity index (χ1) is 8.89. The van der Waals surface area contributed by atoms with Gasteiger partial charge >= 0.3 is 0 Å². The molecule has 1 fully saturated rings. The van der Waals surface area contributed by atoms with Crippen molar-refractivity contribution in [3.8, 4) is 0 Å². The number of ether oxygens (including phenoxy) is 1. The number of fused-ring (bicyclic) bond motifs is 1. The van der Waals surface area contributed by atoms with Gasteiger partial charge in [0.15, 0.2) is 0 Å². The van der Waals surface area contributed by atoms with E-state index in [0.717, 1.165) is 19.8 Å². The Morgan fingerprint density at radius 3 is 2.53 bits per heavy atom. The molecule has 0 aliphatic carbocycles. The van der Waals surface area contributed by atoms with Crippen molar-refractivity contribution < 1.29 is 4.74 Å². The molecular formula is C16H22N2O. The van der Waals surface area contributed by atoms with E-state index >= 15 is 0 Å². The fraction of sp³-hybridized carbons (Fsp3) is 0.562. The van der Waals surface area contributed by atoms with Crippen LogP contribution >= 0.6 is 0 Å². The summed E-state index contributed by atoms with van der Waals surface area (Å²) < 4.78 is 7.56. The zero-order valence-electron chi connectivity index (χ0n) is 12.2. The van der Waals surface area contributed by atoms with Gasteiger partial charge in [0, 0.05) is 11.9 Å². The fourth-order valence-electron chi connectivity index (χ4n) is 2.69. The van der Waals surface area contributed by atoms with Gasteiger partial charge in [-0.2, -0.15) is 5.10 Å². The first-order valence-corrected chi connectivity index (χ1v) is 6.93. The summed E-state index contributed by atoms with van der Waals surface area (Å²) in [6.45, 7) is 11.5. The topological polar surface area (TPSA) is 27.1 Å². The lowest BCUT2D eigenvalue weighted by Crippen LogP contribution is -2.44. The summed E-state index contributed by atoms with van der Waals surface area (Å²) in [5.74, 6) is 0. The summed E-state index contributed by atoms with van der Waals surface area (Å²) in [5.41, 5.74) is 2.74. The van der Waals surface area contributed by atoms with Crippen LogP contribution in [0, 0.1) is 5.41 Å². The lowest BCUT2D eigenvalue weighted by molar-refractivity contribution is -0.0517. The molecule has 3 heteroatoms. The van der Waals surface area contributed by atoms with Gasteiger partial charge in [-0.1, -0.05) is 39.0 Å². The van der Waals surface area contributed by atoms with Crippen LogP contribution in [0.25, 0.3) is 10.9 Å². The van der Waals surface area contributed by atoms with E-state index in [0.29, 0.717) is 0 Å². The van der Waals surface area contributed by atoms with Crippen molar-refractivity contribution in [2.45, 2.75) is 39.7 Å². The molecule has 2 aromatic rings. The maximum absolute atomic E-state index is 5.40. The molecule has 0 radical (unpaired) electrons. The molecule has 0 amide bonds. The third-order valence-electron chi connectivity index (χ3n) is 3.70. The molecule has 1 aromatic carbocycles. The van der Waals surface area contributed by atoms with Crippen LogP contribution in [0.5, 0.6) is 0 Å². The highest BCUT2D eigenvalue weighted by Gasteiger charge is 2.39. The third kappa shape index (κ3) is 2.16. The third-order valence-corrected chi connectivity index (χ3v) is 3.70. The molecule has 3 rings (SSSR count). The van der Waals surface area contributed by atoms with Gasteiger partial charge in [-0.15, -0.1) is 0 Å². The summed E-state index contributed by atoms with van der Waals surface area (Å²) in [6.07, 6.45) is 0. The Labute approximate surface area is 114 Å². The highest BCUT2D eigenvalue weighted by molar-refractivity contribution is 5.83. The lowest BCUT2D eigenvalue weighted by atomic mass is 9.83. The second-order valence-corrected chi connectivity index (χ2v) is 7.14. The van der Waals surface area contributed by atoms with E-state index in [2.05, 4.69) is 56.6 Å². The standard InChI is InChI=1S/C16H22N2O/c1-15(2,3)9-18-13-8-6-5-7-12(13)14(17-18)16(4)10-19-11-16/h5-8H,9-11H2,1-4H3. The lowest BCUT2D eigenvalue weighted by Gasteiger charge is -2.36. The van der Waals surface area contributed by atoms with E-state index in [4.69, 9.17) is 9.84 Å². The van der Waals surface area contributed by atoms with Crippen LogP contribution < -0.4 is 0 Å². The van der Waals surface area contributed by atoms with Crippen molar-refractivity contribution in [3.05, 3.63) is 30.0 Å². The van der Waals surface area contributed by atoms with Crippen LogP contribution in [0.15, 0.2) is 24.3 Å². The van der Waals surface area contributed by atoms with Crippen LogP contribution in [0.3, 0.4) is 0 Å². The molecular weight excluding hydrogens is 236 g/mol. The SMILES string of the molecule is CC(C)(C)Cn1nc(C2(C)COC2)c2ccccc21. The second kappa shape index (κ2) is 4.07. The Hall–Kier alpha value is -1.35. The van der Waals surface area contributed by atoms with E-state index in [1.165, 1.54) is 16.6 Å². The number of para-hydroxylation sites is 1. The Bertz CT molecular complexity index is 603. The summed E-state index contributed by atoms with van der Waals surface area (Å²) in [5, 5.41) is 6.18. The van der Waals surface area contributed by atoms with Gasteiger partial charge < -0.3 is 4.74 Å². The van der Waals surface area contributed by atoms with Gasteiger partial charge in [0.2, 0.25) is 0 Å². The highest BCUT2D eigenvalue weighted by atomic mass is 16.5. The van der Waals surface area contributed by atoms with E-state index < -0.39 is 0 Å². The Morgan fingerprint density at radius 1 is 1.26 bits per heavy atom. The zero-order valence-corrected chi connectivity index (χ0v) is 12.2. The Balaban J connectivity index is 2.13. The zero-order chi connectivity index (χ0) is 13.7. The molecule has 0 unspecified atom stereocenters. The predicted octanol–water partition coefficient (Wildman–Crippen LogP) is 3.37. The first kappa shape index (κ1) is 12.7. The summed E-state index contributed by atoms with van der Waals surface area (Å²) in [6, 6.07) is 8.53. The number of rotatable bonds is 2. The molecule has 0 spiro atoms. The molecule has 1 aliphatic rings. The average molecular weight is 258 g/mol. The molecule has 1 aromatic heterocycles. The number of aromatic nitrogens is 2. The predicted molar refractivity (Wildman–Crippen MR) is 77.4 cm³/mol. The van der Waals surface area contributed by atoms with Crippen LogP contribution in [-0.4, -0.2) is 23.0 Å². The van der Waals surface area contributed by atoms with Gasteiger partial charge in [0.05, 0.1) is 29.8 Å². The van der Waals surface area contributed by atoms with Crippen LogP contribution in [0.2, 0.25) is 0 Å². The van der Waals surface area contributed by atoms with Gasteiger partial charge in [-0.25, -0.2) is 0 Å². The quantitative estimate of drug-likeness (QED) is 0.825. The summed E-state index contributed by atoms with van der Waals surface area (Å²) in [4.78, 5) is 0. The monoisotopic (exact) mass is 258 g/mol. The first-order valence-electron chi connectivity index (χ1n) is 6.93. The Morgan fingerprint density at radius 2 is 1.95 bits per heavy atom. The molecule has 102 valence electrons. The largest absolute Gasteiger partial charge is 0.379 e. The minimum atomic E-state index is 0.0860. The summed E-state index contributed by atoms with van der Waals surface area (Å²) >= 11 is 0. The average Bonchev–Trinajstić information content (AvgIpc) is 2.64. The van der Waals surface area contributed by atoms with E-state index in [1.807, 2.05) is 0 Å². The van der Waals surface area contributed by atoms with Gasteiger partial charge in [-0.05, 0) is 18.4 Å². The molecule has 0 atom stereocenters.